The van der Waals surface area contributed by atoms with E-state index < -0.39 is 4.21 Å². The highest BCUT2D eigenvalue weighted by Crippen LogP contribution is 2.49. The van der Waals surface area contributed by atoms with Crippen LogP contribution in [0.5, 0.6) is 0 Å². The van der Waals surface area contributed by atoms with E-state index in [-0.39, 0.29) is 11.7 Å². The Morgan fingerprint density at radius 1 is 1.39 bits per heavy atom. The van der Waals surface area contributed by atoms with Gasteiger partial charge in [-0.1, -0.05) is 30.7 Å². The number of carbonyl (C=O) groups is 1. The number of halogens is 2. The predicted octanol–water partition coefficient (Wildman–Crippen LogP) is 4.89. The Labute approximate surface area is 122 Å². The summed E-state index contributed by atoms with van der Waals surface area (Å²) in [6.45, 7) is 6.06. The zero-order valence-electron chi connectivity index (χ0n) is 10.7. The van der Waals surface area contributed by atoms with Gasteiger partial charge in [0.15, 0.2) is 9.99 Å². The van der Waals surface area contributed by atoms with Crippen LogP contribution in [-0.2, 0) is 6.42 Å². The Bertz CT molecular complexity index is 501. The third-order valence-electron chi connectivity index (χ3n) is 3.87. The first-order valence-electron chi connectivity index (χ1n) is 6.08. The summed E-state index contributed by atoms with van der Waals surface area (Å²) in [6.07, 6.45) is 1.68. The molecule has 0 saturated heterocycles. The van der Waals surface area contributed by atoms with Crippen molar-refractivity contribution < 1.29 is 4.79 Å². The number of alkyl halides is 1. The van der Waals surface area contributed by atoms with Crippen LogP contribution < -0.4 is 0 Å². The Kier molecular flexibility index (Phi) is 4.01. The van der Waals surface area contributed by atoms with Crippen molar-refractivity contribution in [2.75, 3.05) is 0 Å². The molecule has 1 aliphatic carbocycles. The molecule has 0 aliphatic heterocycles. The van der Waals surface area contributed by atoms with Crippen LogP contribution in [-0.4, -0.2) is 9.99 Å². The van der Waals surface area contributed by atoms with E-state index in [0.29, 0.717) is 0 Å². The minimum Gasteiger partial charge on any atom is -0.291 e. The van der Waals surface area contributed by atoms with Crippen LogP contribution >= 0.6 is 33.3 Å². The monoisotopic (exact) mass is 302 g/mol. The molecule has 1 nitrogen and oxygen atoms in total. The average molecular weight is 303 g/mol. The average Bonchev–Trinajstić information content (AvgIpc) is 2.37. The van der Waals surface area contributed by atoms with E-state index in [9.17, 15) is 4.79 Å². The minimum absolute atomic E-state index is 0.0292. The summed E-state index contributed by atoms with van der Waals surface area (Å²) in [5, 5.41) is 0. The topological polar surface area (TPSA) is 17.1 Å². The van der Waals surface area contributed by atoms with E-state index in [1.165, 1.54) is 5.56 Å². The van der Waals surface area contributed by atoms with E-state index in [1.54, 1.807) is 0 Å². The highest BCUT2D eigenvalue weighted by Gasteiger charge is 2.49. The molecule has 0 spiro atoms. The number of ketones is 1. The van der Waals surface area contributed by atoms with Gasteiger partial charge in [0.1, 0.15) is 0 Å². The molecule has 0 saturated carbocycles. The van der Waals surface area contributed by atoms with Crippen molar-refractivity contribution in [1.29, 1.82) is 0 Å². The Morgan fingerprint density at radius 3 is 2.56 bits per heavy atom. The highest BCUT2D eigenvalue weighted by atomic mass is 35.7. The lowest BCUT2D eigenvalue weighted by molar-refractivity contribution is 0.0936. The fourth-order valence-electron chi connectivity index (χ4n) is 2.69. The molecular weight excluding hydrogens is 287 g/mol. The quantitative estimate of drug-likeness (QED) is 0.724. The summed E-state index contributed by atoms with van der Waals surface area (Å²) >= 11 is 6.51. The maximum absolute atomic E-state index is 12.7. The van der Waals surface area contributed by atoms with Gasteiger partial charge in [-0.2, -0.15) is 0 Å². The molecule has 0 N–H and O–H groups in total. The van der Waals surface area contributed by atoms with Crippen LogP contribution in [0.4, 0.5) is 0 Å². The molecule has 0 bridgehead atoms. The van der Waals surface area contributed by atoms with Gasteiger partial charge in [0.25, 0.3) is 0 Å². The fourth-order valence-corrected chi connectivity index (χ4v) is 4.15. The smallest absolute Gasteiger partial charge is 0.195 e. The van der Waals surface area contributed by atoms with E-state index >= 15 is 0 Å². The molecule has 4 heteroatoms. The van der Waals surface area contributed by atoms with Gasteiger partial charge >= 0.3 is 0 Å². The van der Waals surface area contributed by atoms with Crippen molar-refractivity contribution in [2.45, 2.75) is 37.8 Å². The first-order chi connectivity index (χ1) is 8.45. The number of aryl methyl sites for hydroxylation is 2. The van der Waals surface area contributed by atoms with Crippen LogP contribution in [0.3, 0.4) is 0 Å². The summed E-state index contributed by atoms with van der Waals surface area (Å²) in [5.74, 6) is 0.0561. The second-order valence-electron chi connectivity index (χ2n) is 4.91. The van der Waals surface area contributed by atoms with Gasteiger partial charge in [0, 0.05) is 5.56 Å². The van der Waals surface area contributed by atoms with Crippen LogP contribution in [0.1, 0.15) is 40.4 Å². The lowest BCUT2D eigenvalue weighted by Gasteiger charge is -2.37. The molecule has 1 aliphatic rings. The van der Waals surface area contributed by atoms with E-state index in [1.807, 2.05) is 19.9 Å². The van der Waals surface area contributed by atoms with Crippen molar-refractivity contribution in [2.24, 2.45) is 5.92 Å². The lowest BCUT2D eigenvalue weighted by atomic mass is 9.77. The maximum atomic E-state index is 12.7. The number of benzene rings is 1. The van der Waals surface area contributed by atoms with Crippen molar-refractivity contribution >= 4 is 39.0 Å². The molecule has 1 aromatic carbocycles. The van der Waals surface area contributed by atoms with Gasteiger partial charge in [-0.25, -0.2) is 0 Å². The first-order valence-corrected chi connectivity index (χ1v) is 8.10. The molecule has 2 rings (SSSR count). The molecule has 2 atom stereocenters. The Morgan fingerprint density at radius 2 is 2.00 bits per heavy atom. The third kappa shape index (κ3) is 1.99. The zero-order valence-corrected chi connectivity index (χ0v) is 13.0. The zero-order chi connectivity index (χ0) is 13.5. The van der Waals surface area contributed by atoms with E-state index in [4.69, 9.17) is 22.3 Å². The molecule has 1 aromatic rings. The van der Waals surface area contributed by atoms with Crippen molar-refractivity contribution in [3.63, 3.8) is 0 Å². The van der Waals surface area contributed by atoms with Gasteiger partial charge in [-0.05, 0) is 71.0 Å². The number of hydrogen-bond donors (Lipinski definition) is 0. The van der Waals surface area contributed by atoms with Crippen LogP contribution in [0.2, 0.25) is 0 Å². The molecule has 0 radical (unpaired) electrons. The standard InChI is InChI=1S/C14H16Cl2OS/c1-4-10-7-11-8(2)5-6-9(3)12(11)13(17)14(10,15)18-16/h5-6,10H,4,7H2,1-3H3. The maximum Gasteiger partial charge on any atom is 0.195 e. The van der Waals surface area contributed by atoms with E-state index in [0.717, 1.165) is 40.5 Å². The first kappa shape index (κ1) is 14.2. The summed E-state index contributed by atoms with van der Waals surface area (Å²) in [4.78, 5) is 12.7. The fraction of sp³-hybridized carbons (Fsp3) is 0.500. The molecule has 0 fully saturated rings. The van der Waals surface area contributed by atoms with E-state index in [2.05, 4.69) is 13.0 Å². The Hall–Kier alpha value is -0.180. The van der Waals surface area contributed by atoms with Crippen LogP contribution in [0.15, 0.2) is 12.1 Å². The summed E-state index contributed by atoms with van der Waals surface area (Å²) in [6, 6.07) is 4.05. The third-order valence-corrected chi connectivity index (χ3v) is 6.29. The molecule has 98 valence electrons. The van der Waals surface area contributed by atoms with Crippen molar-refractivity contribution in [3.05, 3.63) is 34.4 Å². The molecular formula is C14H16Cl2OS. The molecule has 0 amide bonds. The van der Waals surface area contributed by atoms with Crippen molar-refractivity contribution in [1.82, 2.24) is 0 Å². The van der Waals surface area contributed by atoms with Crippen LogP contribution in [0.25, 0.3) is 0 Å². The molecule has 18 heavy (non-hydrogen) atoms. The number of Topliss-reactive ketones (excluding diaryl/α,β-unsaturated/α-hetero) is 1. The number of fused-ring (bicyclic) bond motifs is 1. The van der Waals surface area contributed by atoms with Gasteiger partial charge in [0.2, 0.25) is 0 Å². The van der Waals surface area contributed by atoms with Crippen molar-refractivity contribution in [3.8, 4) is 0 Å². The second-order valence-corrected chi connectivity index (χ2v) is 6.99. The lowest BCUT2D eigenvalue weighted by Crippen LogP contribution is -2.42. The molecule has 2 unspecified atom stereocenters. The Balaban J connectivity index is 2.65. The largest absolute Gasteiger partial charge is 0.291 e. The number of carbonyl (C=O) groups excluding carboxylic acids is 1. The SMILES string of the molecule is CCC1Cc2c(C)ccc(C)c2C(=O)C1(Cl)SCl. The van der Waals surface area contributed by atoms with Gasteiger partial charge in [-0.15, -0.1) is 0 Å². The molecule has 0 aromatic heterocycles. The minimum atomic E-state index is -1.01. The number of rotatable bonds is 2. The van der Waals surface area contributed by atoms with Gasteiger partial charge in [-0.3, -0.25) is 4.79 Å². The number of hydrogen-bond acceptors (Lipinski definition) is 2. The van der Waals surface area contributed by atoms with Gasteiger partial charge in [0.05, 0.1) is 0 Å². The molecule has 0 heterocycles. The predicted molar refractivity (Wildman–Crippen MR) is 79.8 cm³/mol. The van der Waals surface area contributed by atoms with Crippen LogP contribution in [0, 0.1) is 19.8 Å². The summed E-state index contributed by atoms with van der Waals surface area (Å²) in [7, 11) is 6.87. The highest BCUT2D eigenvalue weighted by molar-refractivity contribution is 8.23. The normalized spacial score (nSPS) is 27.2. The van der Waals surface area contributed by atoms with Gasteiger partial charge < -0.3 is 0 Å². The second kappa shape index (κ2) is 5.07. The summed E-state index contributed by atoms with van der Waals surface area (Å²) < 4.78 is -1.01. The summed E-state index contributed by atoms with van der Waals surface area (Å²) in [5.41, 5.74) is 4.09.